The molecular formula is C28H36N4O3. The minimum absolute atomic E-state index is 0.172. The molecule has 1 aromatic carbocycles. The number of nitrogens with one attached hydrogen (secondary N) is 1. The second-order valence-corrected chi connectivity index (χ2v) is 10.3. The van der Waals surface area contributed by atoms with Gasteiger partial charge in [-0.25, -0.2) is 0 Å². The molecule has 3 heterocycles. The number of nitrogens with zero attached hydrogens (tertiary/aromatic N) is 3. The van der Waals surface area contributed by atoms with Gasteiger partial charge in [0.2, 0.25) is 5.91 Å². The maximum Gasteiger partial charge on any atom is 0.269 e. The fourth-order valence-corrected chi connectivity index (χ4v) is 6.25. The maximum atomic E-state index is 13.7. The van der Waals surface area contributed by atoms with Crippen LogP contribution in [0.3, 0.4) is 0 Å². The van der Waals surface area contributed by atoms with Gasteiger partial charge >= 0.3 is 0 Å². The van der Waals surface area contributed by atoms with Crippen LogP contribution < -0.4 is 5.32 Å². The number of pyridine rings is 1. The monoisotopic (exact) mass is 476 g/mol. The Morgan fingerprint density at radius 2 is 2.00 bits per heavy atom. The molecule has 35 heavy (non-hydrogen) atoms. The highest BCUT2D eigenvalue weighted by Gasteiger charge is 2.56. The van der Waals surface area contributed by atoms with E-state index in [9.17, 15) is 14.7 Å². The number of benzene rings is 1. The van der Waals surface area contributed by atoms with Crippen molar-refractivity contribution in [1.82, 2.24) is 20.1 Å². The average Bonchev–Trinajstić information content (AvgIpc) is 3.38. The van der Waals surface area contributed by atoms with Crippen molar-refractivity contribution in [2.75, 3.05) is 19.6 Å². The number of carbonyl (C=O) groups excluding carboxylic acids is 2. The highest BCUT2D eigenvalue weighted by Crippen LogP contribution is 2.42. The molecule has 2 aromatic rings. The highest BCUT2D eigenvalue weighted by atomic mass is 16.3. The van der Waals surface area contributed by atoms with Gasteiger partial charge in [0.05, 0.1) is 6.10 Å². The number of likely N-dealkylation sites (tertiary alicyclic amines) is 2. The van der Waals surface area contributed by atoms with E-state index >= 15 is 0 Å². The first-order chi connectivity index (χ1) is 17.0. The smallest absolute Gasteiger partial charge is 0.269 e. The van der Waals surface area contributed by atoms with Crippen LogP contribution >= 0.6 is 0 Å². The Labute approximate surface area is 207 Å². The van der Waals surface area contributed by atoms with E-state index < -0.39 is 11.6 Å². The van der Waals surface area contributed by atoms with Crippen LogP contribution in [0.15, 0.2) is 42.6 Å². The molecule has 0 radical (unpaired) electrons. The Bertz CT molecular complexity index is 1070. The lowest BCUT2D eigenvalue weighted by Gasteiger charge is -2.36. The average molecular weight is 477 g/mol. The first-order valence-electron chi connectivity index (χ1n) is 13.1. The zero-order valence-corrected chi connectivity index (χ0v) is 20.6. The lowest BCUT2D eigenvalue weighted by molar-refractivity contribution is -0.139. The lowest BCUT2D eigenvalue weighted by atomic mass is 9.91. The van der Waals surface area contributed by atoms with Gasteiger partial charge in [0.1, 0.15) is 11.2 Å². The summed E-state index contributed by atoms with van der Waals surface area (Å²) in [5, 5.41) is 13.4. The molecule has 1 aromatic heterocycles. The number of aliphatic hydroxyl groups excluding tert-OH is 1. The van der Waals surface area contributed by atoms with Crippen molar-refractivity contribution in [1.29, 1.82) is 0 Å². The van der Waals surface area contributed by atoms with Crippen LogP contribution in [0.2, 0.25) is 0 Å². The minimum Gasteiger partial charge on any atom is -0.392 e. The summed E-state index contributed by atoms with van der Waals surface area (Å²) >= 11 is 0. The summed E-state index contributed by atoms with van der Waals surface area (Å²) in [4.78, 5) is 34.4. The SMILES string of the molecule is CCNC(=O)c1ccc(-c2cccc(CN3C[C@H](O)C[C@]34CCN(C3CCCCC3)C4=O)c2)cn1. The summed E-state index contributed by atoms with van der Waals surface area (Å²) in [7, 11) is 0. The molecular weight excluding hydrogens is 440 g/mol. The van der Waals surface area contributed by atoms with Crippen LogP contribution in [0, 0.1) is 0 Å². The summed E-state index contributed by atoms with van der Waals surface area (Å²) in [6, 6.07) is 12.3. The van der Waals surface area contributed by atoms with Crippen molar-refractivity contribution in [2.45, 2.75) is 76.1 Å². The molecule has 0 unspecified atom stereocenters. The zero-order valence-electron chi connectivity index (χ0n) is 20.6. The molecule has 2 atom stereocenters. The van der Waals surface area contributed by atoms with Gasteiger partial charge in [-0.15, -0.1) is 0 Å². The van der Waals surface area contributed by atoms with Crippen LogP contribution in [0.4, 0.5) is 0 Å². The molecule has 2 saturated heterocycles. The van der Waals surface area contributed by atoms with Crippen molar-refractivity contribution < 1.29 is 14.7 Å². The van der Waals surface area contributed by atoms with E-state index in [4.69, 9.17) is 0 Å². The fraction of sp³-hybridized carbons (Fsp3) is 0.536. The van der Waals surface area contributed by atoms with Crippen LogP contribution in [0.5, 0.6) is 0 Å². The largest absolute Gasteiger partial charge is 0.392 e. The van der Waals surface area contributed by atoms with Gasteiger partial charge in [-0.1, -0.05) is 43.5 Å². The second-order valence-electron chi connectivity index (χ2n) is 10.3. The molecule has 7 heteroatoms. The standard InChI is InChI=1S/C28H36N4O3/c1-2-29-26(34)25-12-11-22(17-30-25)21-8-6-7-20(15-21)18-31-19-24(33)16-28(31)13-14-32(27(28)35)23-9-4-3-5-10-23/h6-8,11-12,15,17,23-24,33H,2-5,9-10,13-14,16,18-19H2,1H3,(H,29,34)/t24-,28+/m1/s1. The van der Waals surface area contributed by atoms with E-state index in [0.29, 0.717) is 37.8 Å². The molecule has 2 N–H and O–H groups in total. The molecule has 1 spiro atoms. The van der Waals surface area contributed by atoms with Crippen molar-refractivity contribution >= 4 is 11.8 Å². The van der Waals surface area contributed by atoms with Gasteiger partial charge in [-0.2, -0.15) is 0 Å². The molecule has 1 saturated carbocycles. The number of amides is 2. The summed E-state index contributed by atoms with van der Waals surface area (Å²) in [5.41, 5.74) is 2.89. The Kier molecular flexibility index (Phi) is 6.89. The van der Waals surface area contributed by atoms with Crippen LogP contribution in [-0.4, -0.2) is 69.0 Å². The lowest BCUT2D eigenvalue weighted by Crippen LogP contribution is -2.51. The first kappa shape index (κ1) is 23.9. The van der Waals surface area contributed by atoms with E-state index in [1.165, 1.54) is 19.3 Å². The van der Waals surface area contributed by atoms with E-state index in [2.05, 4.69) is 32.2 Å². The minimum atomic E-state index is -0.581. The van der Waals surface area contributed by atoms with Gasteiger partial charge in [-0.3, -0.25) is 19.5 Å². The Morgan fingerprint density at radius 1 is 1.17 bits per heavy atom. The zero-order chi connectivity index (χ0) is 24.4. The molecule has 186 valence electrons. The maximum absolute atomic E-state index is 13.7. The van der Waals surface area contributed by atoms with Crippen LogP contribution in [-0.2, 0) is 11.3 Å². The van der Waals surface area contributed by atoms with Gasteiger partial charge in [0, 0.05) is 50.4 Å². The van der Waals surface area contributed by atoms with Gasteiger partial charge in [-0.05, 0) is 49.4 Å². The second kappa shape index (κ2) is 10.1. The van der Waals surface area contributed by atoms with Crippen molar-refractivity contribution in [3.63, 3.8) is 0 Å². The topological polar surface area (TPSA) is 85.8 Å². The normalized spacial score (nSPS) is 25.5. The van der Waals surface area contributed by atoms with E-state index in [1.54, 1.807) is 12.3 Å². The number of aliphatic hydroxyl groups is 1. The van der Waals surface area contributed by atoms with E-state index in [-0.39, 0.29) is 11.8 Å². The number of hydrogen-bond acceptors (Lipinski definition) is 5. The number of rotatable bonds is 6. The molecule has 1 aliphatic carbocycles. The van der Waals surface area contributed by atoms with Gasteiger partial charge < -0.3 is 15.3 Å². The molecule has 2 aliphatic heterocycles. The third kappa shape index (κ3) is 4.71. The summed E-state index contributed by atoms with van der Waals surface area (Å²) in [6.45, 7) is 4.40. The molecule has 3 fully saturated rings. The van der Waals surface area contributed by atoms with E-state index in [0.717, 1.165) is 42.5 Å². The van der Waals surface area contributed by atoms with Gasteiger partial charge in [0.15, 0.2) is 0 Å². The molecule has 3 aliphatic rings. The number of carbonyl (C=O) groups is 2. The van der Waals surface area contributed by atoms with E-state index in [1.807, 2.05) is 25.1 Å². The van der Waals surface area contributed by atoms with Crippen molar-refractivity contribution in [2.24, 2.45) is 0 Å². The highest BCUT2D eigenvalue weighted by molar-refractivity contribution is 5.92. The molecule has 7 nitrogen and oxygen atoms in total. The van der Waals surface area contributed by atoms with Crippen molar-refractivity contribution in [3.05, 3.63) is 53.9 Å². The molecule has 5 rings (SSSR count). The predicted octanol–water partition coefficient (Wildman–Crippen LogP) is 3.37. The summed E-state index contributed by atoms with van der Waals surface area (Å²) in [6.07, 6.45) is 8.49. The third-order valence-electron chi connectivity index (χ3n) is 8.02. The predicted molar refractivity (Wildman–Crippen MR) is 135 cm³/mol. The Morgan fingerprint density at radius 3 is 2.74 bits per heavy atom. The van der Waals surface area contributed by atoms with Crippen LogP contribution in [0.1, 0.15) is 67.9 Å². The molecule has 0 bridgehead atoms. The number of hydrogen-bond donors (Lipinski definition) is 2. The Balaban J connectivity index is 1.33. The van der Waals surface area contributed by atoms with Gasteiger partial charge in [0.25, 0.3) is 5.91 Å². The van der Waals surface area contributed by atoms with Crippen molar-refractivity contribution in [3.8, 4) is 11.1 Å². The fourth-order valence-electron chi connectivity index (χ4n) is 6.25. The number of β-amino-alcohol motifs (C(OH)–C–C–N with tert-alkyl or cyclic N) is 1. The Hall–Kier alpha value is -2.77. The number of aromatic nitrogens is 1. The molecule has 2 amide bonds. The van der Waals surface area contributed by atoms with Crippen LogP contribution in [0.25, 0.3) is 11.1 Å². The first-order valence-corrected chi connectivity index (χ1v) is 13.1. The quantitative estimate of drug-likeness (QED) is 0.668. The summed E-state index contributed by atoms with van der Waals surface area (Å²) < 4.78 is 0. The summed E-state index contributed by atoms with van der Waals surface area (Å²) in [5.74, 6) is 0.0523. The third-order valence-corrected chi connectivity index (χ3v) is 8.02.